The molecule has 0 atom stereocenters. The van der Waals surface area contributed by atoms with E-state index in [1.165, 1.54) is 14.1 Å². The number of hydrogen-bond donors (Lipinski definition) is 1. The van der Waals surface area contributed by atoms with E-state index in [0.29, 0.717) is 22.0 Å². The van der Waals surface area contributed by atoms with Gasteiger partial charge in [-0.05, 0) is 12.1 Å². The molecule has 8 heteroatoms. The van der Waals surface area contributed by atoms with Gasteiger partial charge in [-0.15, -0.1) is 0 Å². The number of nitrogens with zero attached hydrogens (tertiary/aromatic N) is 2. The molecule has 0 bridgehead atoms. The number of aromatic nitrogens is 1. The number of halogens is 1. The first-order chi connectivity index (χ1) is 9.40. The van der Waals surface area contributed by atoms with Crippen molar-refractivity contribution in [3.8, 4) is 11.3 Å². The summed E-state index contributed by atoms with van der Waals surface area (Å²) in [7, 11) is -0.595. The van der Waals surface area contributed by atoms with Gasteiger partial charge in [-0.25, -0.2) is 0 Å². The van der Waals surface area contributed by atoms with Gasteiger partial charge in [-0.3, -0.25) is 0 Å². The minimum atomic E-state index is -3.48. The summed E-state index contributed by atoms with van der Waals surface area (Å²) < 4.78 is 31.8. The van der Waals surface area contributed by atoms with Crippen LogP contribution in [0.4, 0.5) is 0 Å². The van der Waals surface area contributed by atoms with Crippen LogP contribution in [0.3, 0.4) is 0 Å². The molecule has 0 spiro atoms. The highest BCUT2D eigenvalue weighted by molar-refractivity contribution is 7.87. The monoisotopic (exact) mass is 315 g/mol. The lowest BCUT2D eigenvalue weighted by molar-refractivity contribution is 0.421. The van der Waals surface area contributed by atoms with Crippen molar-refractivity contribution < 1.29 is 12.9 Å². The van der Waals surface area contributed by atoms with Crippen LogP contribution in [0.2, 0.25) is 5.02 Å². The predicted octanol–water partition coefficient (Wildman–Crippen LogP) is 1.89. The summed E-state index contributed by atoms with van der Waals surface area (Å²) >= 11 is 6.05. The van der Waals surface area contributed by atoms with Crippen LogP contribution in [0, 0.1) is 0 Å². The molecule has 0 fully saturated rings. The lowest BCUT2D eigenvalue weighted by atomic mass is 10.1. The number of benzene rings is 1. The number of hydrogen-bond acceptors (Lipinski definition) is 4. The summed E-state index contributed by atoms with van der Waals surface area (Å²) in [5.74, 6) is 0.495. The van der Waals surface area contributed by atoms with Crippen molar-refractivity contribution in [3.63, 3.8) is 0 Å². The molecule has 1 aromatic heterocycles. The van der Waals surface area contributed by atoms with E-state index in [9.17, 15) is 8.42 Å². The first kappa shape index (κ1) is 15.0. The Balaban J connectivity index is 2.13. The second kappa shape index (κ2) is 5.92. The van der Waals surface area contributed by atoms with E-state index < -0.39 is 10.2 Å². The van der Waals surface area contributed by atoms with Gasteiger partial charge in [0.2, 0.25) is 0 Å². The zero-order valence-electron chi connectivity index (χ0n) is 11.0. The van der Waals surface area contributed by atoms with E-state index in [0.717, 1.165) is 4.31 Å². The van der Waals surface area contributed by atoms with Crippen LogP contribution in [-0.2, 0) is 16.8 Å². The van der Waals surface area contributed by atoms with Crippen LogP contribution in [-0.4, -0.2) is 32.0 Å². The lowest BCUT2D eigenvalue weighted by Crippen LogP contribution is -2.35. The van der Waals surface area contributed by atoms with Gasteiger partial charge in [0, 0.05) is 25.7 Å². The average molecular weight is 316 g/mol. The second-order valence-corrected chi connectivity index (χ2v) is 6.65. The molecular weight excluding hydrogens is 302 g/mol. The van der Waals surface area contributed by atoms with Crippen LogP contribution in [0.1, 0.15) is 5.69 Å². The summed E-state index contributed by atoms with van der Waals surface area (Å²) in [6, 6.07) is 8.84. The molecule has 0 saturated heterocycles. The molecule has 0 aliphatic heterocycles. The maximum Gasteiger partial charge on any atom is 0.279 e. The molecule has 0 aliphatic carbocycles. The Bertz CT molecular complexity index is 697. The molecule has 0 radical (unpaired) electrons. The van der Waals surface area contributed by atoms with Crippen LogP contribution < -0.4 is 4.72 Å². The topological polar surface area (TPSA) is 75.4 Å². The first-order valence-electron chi connectivity index (χ1n) is 5.78. The fraction of sp³-hybridized carbons (Fsp3) is 0.250. The molecule has 1 N–H and O–H groups in total. The zero-order valence-corrected chi connectivity index (χ0v) is 12.6. The largest absolute Gasteiger partial charge is 0.356 e. The quantitative estimate of drug-likeness (QED) is 0.914. The molecular formula is C12H14ClN3O3S. The third-order valence-electron chi connectivity index (χ3n) is 2.61. The number of rotatable bonds is 5. The van der Waals surface area contributed by atoms with Crippen molar-refractivity contribution in [2.24, 2.45) is 0 Å². The third kappa shape index (κ3) is 3.37. The molecule has 0 amide bonds. The molecule has 1 heterocycles. The highest BCUT2D eigenvalue weighted by atomic mass is 35.5. The smallest absolute Gasteiger partial charge is 0.279 e. The van der Waals surface area contributed by atoms with E-state index in [-0.39, 0.29) is 6.54 Å². The molecule has 1 aromatic carbocycles. The molecule has 0 saturated carbocycles. The second-order valence-electron chi connectivity index (χ2n) is 4.27. The molecule has 0 unspecified atom stereocenters. The Hall–Kier alpha value is -1.41. The zero-order chi connectivity index (χ0) is 14.8. The van der Waals surface area contributed by atoms with Gasteiger partial charge in [0.05, 0.1) is 17.3 Å². The van der Waals surface area contributed by atoms with Gasteiger partial charge in [-0.1, -0.05) is 28.9 Å². The van der Waals surface area contributed by atoms with Crippen molar-refractivity contribution in [3.05, 3.63) is 41.0 Å². The maximum atomic E-state index is 11.6. The summed E-state index contributed by atoms with van der Waals surface area (Å²) in [4.78, 5) is 0. The van der Waals surface area contributed by atoms with Crippen molar-refractivity contribution in [1.82, 2.24) is 14.2 Å². The highest BCUT2D eigenvalue weighted by Crippen LogP contribution is 2.27. The number of nitrogens with one attached hydrogen (secondary N) is 1. The Morgan fingerprint density at radius 3 is 2.70 bits per heavy atom. The van der Waals surface area contributed by atoms with Crippen LogP contribution in [0.25, 0.3) is 11.3 Å². The van der Waals surface area contributed by atoms with Crippen LogP contribution >= 0.6 is 11.6 Å². The standard InChI is InChI=1S/C12H14ClN3O3S/c1-16(2)20(17,18)14-8-9-7-12(19-15-9)10-5-3-4-6-11(10)13/h3-7,14H,8H2,1-2H3. The Kier molecular flexibility index (Phi) is 4.44. The summed E-state index contributed by atoms with van der Waals surface area (Å²) in [5, 5.41) is 4.36. The fourth-order valence-electron chi connectivity index (χ4n) is 1.48. The summed E-state index contributed by atoms with van der Waals surface area (Å²) in [6.45, 7) is 0.0501. The third-order valence-corrected chi connectivity index (χ3v) is 4.41. The Morgan fingerprint density at radius 1 is 1.35 bits per heavy atom. The summed E-state index contributed by atoms with van der Waals surface area (Å²) in [5.41, 5.74) is 1.19. The Morgan fingerprint density at radius 2 is 2.05 bits per heavy atom. The molecule has 6 nitrogen and oxygen atoms in total. The van der Waals surface area contributed by atoms with Crippen molar-refractivity contribution >= 4 is 21.8 Å². The minimum absolute atomic E-state index is 0.0501. The van der Waals surface area contributed by atoms with Gasteiger partial charge in [0.15, 0.2) is 5.76 Å². The van der Waals surface area contributed by atoms with Crippen LogP contribution in [0.5, 0.6) is 0 Å². The van der Waals surface area contributed by atoms with Gasteiger partial charge in [0.1, 0.15) is 0 Å². The first-order valence-corrected chi connectivity index (χ1v) is 7.59. The molecule has 108 valence electrons. The van der Waals surface area contributed by atoms with Crippen molar-refractivity contribution in [1.29, 1.82) is 0 Å². The Labute approximate surface area is 122 Å². The van der Waals surface area contributed by atoms with E-state index in [2.05, 4.69) is 9.88 Å². The highest BCUT2D eigenvalue weighted by Gasteiger charge is 2.15. The van der Waals surface area contributed by atoms with E-state index >= 15 is 0 Å². The minimum Gasteiger partial charge on any atom is -0.356 e. The van der Waals surface area contributed by atoms with Gasteiger partial charge in [0.25, 0.3) is 10.2 Å². The maximum absolute atomic E-state index is 11.6. The molecule has 2 aromatic rings. The predicted molar refractivity (Wildman–Crippen MR) is 76.4 cm³/mol. The van der Waals surface area contributed by atoms with Crippen molar-refractivity contribution in [2.75, 3.05) is 14.1 Å². The van der Waals surface area contributed by atoms with E-state index in [1.807, 2.05) is 12.1 Å². The molecule has 2 rings (SSSR count). The van der Waals surface area contributed by atoms with Crippen LogP contribution in [0.15, 0.2) is 34.9 Å². The normalized spacial score (nSPS) is 12.0. The van der Waals surface area contributed by atoms with E-state index in [1.54, 1.807) is 18.2 Å². The SMILES string of the molecule is CN(C)S(=O)(=O)NCc1cc(-c2ccccc2Cl)on1. The van der Waals surface area contributed by atoms with Gasteiger partial charge >= 0.3 is 0 Å². The van der Waals surface area contributed by atoms with Gasteiger partial charge < -0.3 is 4.52 Å². The molecule has 20 heavy (non-hydrogen) atoms. The lowest BCUT2D eigenvalue weighted by Gasteiger charge is -2.10. The van der Waals surface area contributed by atoms with E-state index in [4.69, 9.17) is 16.1 Å². The fourth-order valence-corrected chi connectivity index (χ4v) is 2.29. The average Bonchev–Trinajstić information content (AvgIpc) is 2.85. The van der Waals surface area contributed by atoms with Gasteiger partial charge in [-0.2, -0.15) is 17.4 Å². The van der Waals surface area contributed by atoms with Crippen molar-refractivity contribution in [2.45, 2.75) is 6.54 Å². The summed E-state index contributed by atoms with van der Waals surface area (Å²) in [6.07, 6.45) is 0. The molecule has 0 aliphatic rings.